The number of benzene rings is 2. The van der Waals surface area contributed by atoms with Crippen LogP contribution in [0.4, 0.5) is 8.78 Å². The number of aliphatic hydroxyl groups is 1. The highest BCUT2D eigenvalue weighted by atomic mass is 32.2. The van der Waals surface area contributed by atoms with E-state index in [1.54, 1.807) is 4.90 Å². The Balaban J connectivity index is 1.97. The van der Waals surface area contributed by atoms with Crippen molar-refractivity contribution in [1.29, 1.82) is 0 Å². The van der Waals surface area contributed by atoms with E-state index < -0.39 is 23.8 Å². The molecule has 0 saturated heterocycles. The first-order valence-electron chi connectivity index (χ1n) is 13.3. The number of hydrogen-bond donors (Lipinski definition) is 3. The van der Waals surface area contributed by atoms with Crippen LogP contribution in [0.3, 0.4) is 0 Å². The Morgan fingerprint density at radius 2 is 1.61 bits per heavy atom. The van der Waals surface area contributed by atoms with Crippen molar-refractivity contribution in [3.63, 3.8) is 0 Å². The van der Waals surface area contributed by atoms with Crippen LogP contribution in [0.1, 0.15) is 50.3 Å². The number of halogens is 2. The molecule has 0 saturated carbocycles. The maximum Gasteiger partial charge on any atom is 0.232 e. The molecule has 0 bridgehead atoms. The van der Waals surface area contributed by atoms with E-state index >= 15 is 0 Å². The monoisotopic (exact) mass is 549 g/mol. The molecule has 3 N–H and O–H groups in total. The number of nitrogens with zero attached hydrogens (tertiary/aromatic N) is 1. The minimum atomic E-state index is -1.00. The fraction of sp³-hybridized carbons (Fsp3) is 0.517. The normalized spacial score (nSPS) is 12.7. The van der Waals surface area contributed by atoms with Gasteiger partial charge in [0, 0.05) is 32.2 Å². The first-order valence-corrected chi connectivity index (χ1v) is 14.5. The molecule has 2 atom stereocenters. The van der Waals surface area contributed by atoms with Gasteiger partial charge in [-0.2, -0.15) is 0 Å². The third kappa shape index (κ3) is 11.5. The largest absolute Gasteiger partial charge is 0.390 e. The Morgan fingerprint density at radius 1 is 0.947 bits per heavy atom. The molecule has 9 heteroatoms. The van der Waals surface area contributed by atoms with Gasteiger partial charge in [-0.05, 0) is 54.5 Å². The average Bonchev–Trinajstić information content (AvgIpc) is 2.87. The zero-order chi connectivity index (χ0) is 27.9. The average molecular weight is 550 g/mol. The second-order valence-electron chi connectivity index (χ2n) is 9.40. The molecule has 38 heavy (non-hydrogen) atoms. The fourth-order valence-corrected chi connectivity index (χ4v) is 4.93. The lowest BCUT2D eigenvalue weighted by Gasteiger charge is -2.25. The molecule has 0 aliphatic rings. The summed E-state index contributed by atoms with van der Waals surface area (Å²) in [5.74, 6) is -1.56. The van der Waals surface area contributed by atoms with Gasteiger partial charge in [0.1, 0.15) is 11.6 Å². The Morgan fingerprint density at radius 3 is 2.24 bits per heavy atom. The minimum absolute atomic E-state index is 0.00494. The topological polar surface area (TPSA) is 81.7 Å². The van der Waals surface area contributed by atoms with Crippen molar-refractivity contribution in [1.82, 2.24) is 15.5 Å². The van der Waals surface area contributed by atoms with E-state index in [-0.39, 0.29) is 36.3 Å². The van der Waals surface area contributed by atoms with Crippen LogP contribution in [-0.4, -0.2) is 65.1 Å². The third-order valence-corrected chi connectivity index (χ3v) is 6.99. The highest BCUT2D eigenvalue weighted by molar-refractivity contribution is 8.00. The number of amides is 2. The molecule has 2 amide bonds. The van der Waals surface area contributed by atoms with Crippen LogP contribution in [0.25, 0.3) is 0 Å². The molecule has 2 rings (SSSR count). The Labute approximate surface area is 229 Å². The maximum atomic E-state index is 13.8. The molecule has 210 valence electrons. The second kappa shape index (κ2) is 17.2. The van der Waals surface area contributed by atoms with Crippen LogP contribution in [0.5, 0.6) is 0 Å². The molecule has 0 fully saturated rings. The Kier molecular flexibility index (Phi) is 14.3. The molecule has 0 unspecified atom stereocenters. The summed E-state index contributed by atoms with van der Waals surface area (Å²) in [5.41, 5.74) is 2.62. The van der Waals surface area contributed by atoms with E-state index in [1.165, 1.54) is 29.5 Å². The number of rotatable bonds is 17. The molecule has 0 heterocycles. The molecule has 2 aromatic carbocycles. The van der Waals surface area contributed by atoms with Crippen molar-refractivity contribution in [3.8, 4) is 0 Å². The van der Waals surface area contributed by atoms with Crippen molar-refractivity contribution < 1.29 is 23.5 Å². The Hall–Kier alpha value is -2.49. The van der Waals surface area contributed by atoms with Gasteiger partial charge < -0.3 is 20.6 Å². The van der Waals surface area contributed by atoms with E-state index in [2.05, 4.69) is 29.7 Å². The quantitative estimate of drug-likeness (QED) is 0.277. The zero-order valence-corrected chi connectivity index (χ0v) is 23.5. The summed E-state index contributed by atoms with van der Waals surface area (Å²) in [4.78, 5) is 27.0. The number of aryl methyl sites for hydroxylation is 1. The molecule has 0 aliphatic carbocycles. The van der Waals surface area contributed by atoms with Gasteiger partial charge >= 0.3 is 0 Å². The third-order valence-electron chi connectivity index (χ3n) is 6.07. The molecule has 6 nitrogen and oxygen atoms in total. The summed E-state index contributed by atoms with van der Waals surface area (Å²) in [5, 5.41) is 16.9. The van der Waals surface area contributed by atoms with Gasteiger partial charge in [-0.1, -0.05) is 45.0 Å². The summed E-state index contributed by atoms with van der Waals surface area (Å²) < 4.78 is 27.5. The number of hydrogen-bond acceptors (Lipinski definition) is 5. The molecular weight excluding hydrogens is 508 g/mol. The maximum absolute atomic E-state index is 13.8. The fourth-order valence-electron chi connectivity index (χ4n) is 4.20. The molecule has 0 aromatic heterocycles. The van der Waals surface area contributed by atoms with Gasteiger partial charge in [0.2, 0.25) is 11.8 Å². The van der Waals surface area contributed by atoms with Crippen LogP contribution < -0.4 is 10.6 Å². The summed E-state index contributed by atoms with van der Waals surface area (Å²) >= 11 is 1.21. The van der Waals surface area contributed by atoms with Crippen molar-refractivity contribution in [2.75, 3.05) is 31.1 Å². The van der Waals surface area contributed by atoms with Crippen molar-refractivity contribution in [2.45, 2.75) is 65.1 Å². The number of thioether (sulfide) groups is 1. The SMILES string of the molecule is CCCN(CCC)C(=O)CSCC(=O)N[C@@H](Cc1cc(F)cc(F)c1)[C@@H](O)CNCc1cccc(CC)c1. The van der Waals surface area contributed by atoms with Crippen LogP contribution >= 0.6 is 11.8 Å². The van der Waals surface area contributed by atoms with Crippen LogP contribution in [0.15, 0.2) is 42.5 Å². The van der Waals surface area contributed by atoms with Gasteiger partial charge in [0.25, 0.3) is 0 Å². The van der Waals surface area contributed by atoms with Crippen molar-refractivity contribution >= 4 is 23.6 Å². The van der Waals surface area contributed by atoms with Gasteiger partial charge in [-0.3, -0.25) is 9.59 Å². The summed E-state index contributed by atoms with van der Waals surface area (Å²) in [6.45, 7) is 8.20. The highest BCUT2D eigenvalue weighted by Crippen LogP contribution is 2.13. The highest BCUT2D eigenvalue weighted by Gasteiger charge is 2.23. The lowest BCUT2D eigenvalue weighted by atomic mass is 10.0. The van der Waals surface area contributed by atoms with Crippen LogP contribution in [0, 0.1) is 11.6 Å². The lowest BCUT2D eigenvalue weighted by molar-refractivity contribution is -0.128. The molecule has 0 spiro atoms. The number of aliphatic hydroxyl groups excluding tert-OH is 1. The van der Waals surface area contributed by atoms with Crippen molar-refractivity contribution in [3.05, 3.63) is 70.8 Å². The van der Waals surface area contributed by atoms with Crippen LogP contribution in [0.2, 0.25) is 0 Å². The summed E-state index contributed by atoms with van der Waals surface area (Å²) in [6.07, 6.45) is 1.72. The predicted octanol–water partition coefficient (Wildman–Crippen LogP) is 4.09. The molecule has 2 aromatic rings. The smallest absolute Gasteiger partial charge is 0.232 e. The zero-order valence-electron chi connectivity index (χ0n) is 22.6. The van der Waals surface area contributed by atoms with Crippen molar-refractivity contribution in [2.24, 2.45) is 0 Å². The van der Waals surface area contributed by atoms with Gasteiger partial charge in [0.15, 0.2) is 0 Å². The lowest BCUT2D eigenvalue weighted by Crippen LogP contribution is -2.49. The predicted molar refractivity (Wildman–Crippen MR) is 150 cm³/mol. The van der Waals surface area contributed by atoms with Crippen LogP contribution in [-0.2, 0) is 29.0 Å². The minimum Gasteiger partial charge on any atom is -0.390 e. The number of carbonyl (C=O) groups excluding carboxylic acids is 2. The molecular formula is C29H41F2N3O3S. The Bertz CT molecular complexity index is 998. The molecule has 0 aliphatic heterocycles. The van der Waals surface area contributed by atoms with Gasteiger partial charge in [-0.15, -0.1) is 11.8 Å². The van der Waals surface area contributed by atoms with E-state index in [0.717, 1.165) is 30.9 Å². The first-order chi connectivity index (χ1) is 18.2. The van der Waals surface area contributed by atoms with E-state index in [4.69, 9.17) is 0 Å². The summed E-state index contributed by atoms with van der Waals surface area (Å²) in [6, 6.07) is 10.5. The van der Waals surface area contributed by atoms with Gasteiger partial charge in [-0.25, -0.2) is 8.78 Å². The van der Waals surface area contributed by atoms with E-state index in [9.17, 15) is 23.5 Å². The van der Waals surface area contributed by atoms with E-state index in [0.29, 0.717) is 25.2 Å². The number of nitrogens with one attached hydrogen (secondary N) is 2. The second-order valence-corrected chi connectivity index (χ2v) is 10.4. The molecule has 0 radical (unpaired) electrons. The number of carbonyl (C=O) groups is 2. The standard InChI is InChI=1S/C29H41F2N3O3S/c1-4-10-34(11-5-2)29(37)20-38-19-28(36)33-26(15-23-13-24(30)16-25(31)14-23)27(35)18-32-17-22-9-7-8-21(6-3)12-22/h7-9,12-14,16,26-27,32,35H,4-6,10-11,15,17-20H2,1-3H3,(H,33,36)/t26-,27-/m0/s1. The summed E-state index contributed by atoms with van der Waals surface area (Å²) in [7, 11) is 0. The van der Waals surface area contributed by atoms with Gasteiger partial charge in [0.05, 0.1) is 23.7 Å². The first kappa shape index (κ1) is 31.7. The van der Waals surface area contributed by atoms with E-state index in [1.807, 2.05) is 26.0 Å².